The molecule has 1 N–H and O–H groups in total. The van der Waals surface area contributed by atoms with Crippen molar-refractivity contribution in [2.45, 2.75) is 13.5 Å². The topological polar surface area (TPSA) is 41.3 Å². The second-order valence-corrected chi connectivity index (χ2v) is 3.43. The Labute approximate surface area is 102 Å². The fourth-order valence-corrected chi connectivity index (χ4v) is 1.58. The summed E-state index contributed by atoms with van der Waals surface area (Å²) in [6.45, 7) is 7.34. The Morgan fingerprint density at radius 3 is 2.60 bits per heavy atom. The average molecular weight is 254 g/mol. The van der Waals surface area contributed by atoms with Gasteiger partial charge in [0.15, 0.2) is 0 Å². The lowest BCUT2D eigenvalue weighted by molar-refractivity contribution is 0.232. The van der Waals surface area contributed by atoms with Crippen molar-refractivity contribution in [1.29, 1.82) is 0 Å². The maximum Gasteiger partial charge on any atom is 0.138 e. The predicted octanol–water partition coefficient (Wildman–Crippen LogP) is 1.23. The molecule has 0 bridgehead atoms. The molecule has 1 aromatic rings. The molecule has 0 aromatic carbocycles. The van der Waals surface area contributed by atoms with Crippen LogP contribution in [0.1, 0.15) is 11.3 Å². The van der Waals surface area contributed by atoms with E-state index in [1.165, 1.54) is 5.56 Å². The summed E-state index contributed by atoms with van der Waals surface area (Å²) in [6.07, 6.45) is 1.82. The minimum Gasteiger partial charge on any atom is -0.361 e. The van der Waals surface area contributed by atoms with Crippen molar-refractivity contribution in [3.05, 3.63) is 17.5 Å². The standard InChI is InChI=1S/C9H15N3O.2ClH/c1-8-9(6-11-13-8)7-12-4-2-10-3-5-12;;/h6,10H,2-5,7H2,1H3;2*1H. The van der Waals surface area contributed by atoms with Gasteiger partial charge in [-0.3, -0.25) is 4.90 Å². The van der Waals surface area contributed by atoms with Crippen LogP contribution in [0.15, 0.2) is 10.7 Å². The lowest BCUT2D eigenvalue weighted by Crippen LogP contribution is -2.42. The fraction of sp³-hybridized carbons (Fsp3) is 0.667. The number of piperazine rings is 1. The second-order valence-electron chi connectivity index (χ2n) is 3.43. The summed E-state index contributed by atoms with van der Waals surface area (Å²) in [5, 5.41) is 7.10. The highest BCUT2D eigenvalue weighted by atomic mass is 35.5. The predicted molar refractivity (Wildman–Crippen MR) is 63.9 cm³/mol. The Bertz CT molecular complexity index is 274. The first-order chi connectivity index (χ1) is 6.36. The maximum atomic E-state index is 5.01. The number of nitrogens with zero attached hydrogens (tertiary/aromatic N) is 2. The van der Waals surface area contributed by atoms with Crippen LogP contribution in [0.4, 0.5) is 0 Å². The molecule has 4 nitrogen and oxygen atoms in total. The van der Waals surface area contributed by atoms with Gasteiger partial charge in [0.2, 0.25) is 0 Å². The zero-order valence-corrected chi connectivity index (χ0v) is 10.4. The number of nitrogens with one attached hydrogen (secondary N) is 1. The fourth-order valence-electron chi connectivity index (χ4n) is 1.58. The van der Waals surface area contributed by atoms with Gasteiger partial charge in [-0.1, -0.05) is 5.16 Å². The van der Waals surface area contributed by atoms with E-state index < -0.39 is 0 Å². The summed E-state index contributed by atoms with van der Waals surface area (Å²) in [7, 11) is 0. The van der Waals surface area contributed by atoms with Crippen LogP contribution in [-0.2, 0) is 6.54 Å². The Hall–Kier alpha value is -0.290. The van der Waals surface area contributed by atoms with Crippen LogP contribution in [0.5, 0.6) is 0 Å². The molecule has 0 radical (unpaired) electrons. The summed E-state index contributed by atoms with van der Waals surface area (Å²) in [6, 6.07) is 0. The van der Waals surface area contributed by atoms with Gasteiger partial charge < -0.3 is 9.84 Å². The van der Waals surface area contributed by atoms with E-state index in [0.29, 0.717) is 0 Å². The van der Waals surface area contributed by atoms with Gasteiger partial charge in [0, 0.05) is 38.3 Å². The molecule has 6 heteroatoms. The van der Waals surface area contributed by atoms with E-state index in [1.807, 2.05) is 13.1 Å². The number of hydrogen-bond acceptors (Lipinski definition) is 4. The van der Waals surface area contributed by atoms with Gasteiger partial charge in [-0.25, -0.2) is 0 Å². The Morgan fingerprint density at radius 1 is 1.40 bits per heavy atom. The third kappa shape index (κ3) is 3.99. The van der Waals surface area contributed by atoms with Crippen molar-refractivity contribution in [3.8, 4) is 0 Å². The van der Waals surface area contributed by atoms with Crippen molar-refractivity contribution < 1.29 is 4.52 Å². The van der Waals surface area contributed by atoms with Crippen LogP contribution in [0.3, 0.4) is 0 Å². The number of hydrogen-bond donors (Lipinski definition) is 1. The Kier molecular flexibility index (Phi) is 6.92. The highest BCUT2D eigenvalue weighted by molar-refractivity contribution is 5.85. The molecule has 0 spiro atoms. The van der Waals surface area contributed by atoms with Crippen LogP contribution in [0.2, 0.25) is 0 Å². The number of aromatic nitrogens is 1. The van der Waals surface area contributed by atoms with Crippen molar-refractivity contribution in [2.24, 2.45) is 0 Å². The van der Waals surface area contributed by atoms with Crippen LogP contribution < -0.4 is 5.32 Å². The monoisotopic (exact) mass is 253 g/mol. The van der Waals surface area contributed by atoms with E-state index in [9.17, 15) is 0 Å². The molecule has 1 aromatic heterocycles. The molecular weight excluding hydrogens is 237 g/mol. The molecule has 0 unspecified atom stereocenters. The van der Waals surface area contributed by atoms with Crippen LogP contribution in [0, 0.1) is 6.92 Å². The van der Waals surface area contributed by atoms with E-state index in [1.54, 1.807) is 0 Å². The van der Waals surface area contributed by atoms with Gasteiger partial charge in [-0.2, -0.15) is 0 Å². The lowest BCUT2D eigenvalue weighted by Gasteiger charge is -2.26. The third-order valence-corrected chi connectivity index (χ3v) is 2.45. The average Bonchev–Trinajstić information content (AvgIpc) is 2.54. The summed E-state index contributed by atoms with van der Waals surface area (Å²) in [4.78, 5) is 2.41. The third-order valence-electron chi connectivity index (χ3n) is 2.45. The summed E-state index contributed by atoms with van der Waals surface area (Å²) in [5.41, 5.74) is 1.21. The van der Waals surface area contributed by atoms with Gasteiger partial charge in [-0.15, -0.1) is 24.8 Å². The lowest BCUT2D eigenvalue weighted by atomic mass is 10.2. The van der Waals surface area contributed by atoms with E-state index >= 15 is 0 Å². The van der Waals surface area contributed by atoms with E-state index in [4.69, 9.17) is 4.52 Å². The molecular formula is C9H17Cl2N3O. The molecule has 2 rings (SSSR count). The summed E-state index contributed by atoms with van der Waals surface area (Å²) >= 11 is 0. The minimum atomic E-state index is 0. The van der Waals surface area contributed by atoms with Crippen molar-refractivity contribution >= 4 is 24.8 Å². The molecule has 1 fully saturated rings. The molecule has 2 heterocycles. The first kappa shape index (κ1) is 14.7. The quantitative estimate of drug-likeness (QED) is 0.862. The maximum absolute atomic E-state index is 5.01. The van der Waals surface area contributed by atoms with E-state index in [2.05, 4.69) is 15.4 Å². The largest absolute Gasteiger partial charge is 0.361 e. The number of aryl methyl sites for hydroxylation is 1. The van der Waals surface area contributed by atoms with Crippen molar-refractivity contribution in [1.82, 2.24) is 15.4 Å². The van der Waals surface area contributed by atoms with Gasteiger partial charge >= 0.3 is 0 Å². The molecule has 1 saturated heterocycles. The first-order valence-corrected chi connectivity index (χ1v) is 4.69. The SMILES string of the molecule is Cc1oncc1CN1CCNCC1.Cl.Cl. The highest BCUT2D eigenvalue weighted by Crippen LogP contribution is 2.09. The Morgan fingerprint density at radius 2 is 2.07 bits per heavy atom. The molecule has 0 atom stereocenters. The summed E-state index contributed by atoms with van der Waals surface area (Å²) in [5.74, 6) is 0.943. The second kappa shape index (κ2) is 7.06. The smallest absolute Gasteiger partial charge is 0.138 e. The first-order valence-electron chi connectivity index (χ1n) is 4.69. The normalized spacial score (nSPS) is 16.6. The molecule has 0 aliphatic carbocycles. The van der Waals surface area contributed by atoms with Gasteiger partial charge in [0.05, 0.1) is 6.20 Å². The van der Waals surface area contributed by atoms with Crippen molar-refractivity contribution in [3.63, 3.8) is 0 Å². The van der Waals surface area contributed by atoms with Crippen LogP contribution in [-0.4, -0.2) is 36.2 Å². The number of rotatable bonds is 2. The molecule has 0 amide bonds. The van der Waals surface area contributed by atoms with Gasteiger partial charge in [0.1, 0.15) is 5.76 Å². The van der Waals surface area contributed by atoms with Gasteiger partial charge in [-0.05, 0) is 6.92 Å². The minimum absolute atomic E-state index is 0. The Balaban J connectivity index is 0.000000980. The number of halogens is 2. The zero-order valence-electron chi connectivity index (χ0n) is 8.73. The van der Waals surface area contributed by atoms with Crippen LogP contribution in [0.25, 0.3) is 0 Å². The molecule has 1 aliphatic heterocycles. The summed E-state index contributed by atoms with van der Waals surface area (Å²) < 4.78 is 5.01. The van der Waals surface area contributed by atoms with Crippen LogP contribution >= 0.6 is 24.8 Å². The molecule has 88 valence electrons. The van der Waals surface area contributed by atoms with E-state index in [-0.39, 0.29) is 24.8 Å². The molecule has 15 heavy (non-hydrogen) atoms. The zero-order chi connectivity index (χ0) is 9.10. The highest BCUT2D eigenvalue weighted by Gasteiger charge is 2.12. The van der Waals surface area contributed by atoms with Crippen molar-refractivity contribution in [2.75, 3.05) is 26.2 Å². The van der Waals surface area contributed by atoms with Gasteiger partial charge in [0.25, 0.3) is 0 Å². The van der Waals surface area contributed by atoms with E-state index in [0.717, 1.165) is 38.5 Å². The molecule has 0 saturated carbocycles. The molecule has 1 aliphatic rings.